The maximum Gasteiger partial charge on any atom is 0.407 e. The highest BCUT2D eigenvalue weighted by Crippen LogP contribution is 2.24. The molecule has 1 heterocycles. The molecule has 1 aliphatic rings. The number of hydrogen-bond acceptors (Lipinski definition) is 3. The largest absolute Gasteiger partial charge is 0.453 e. The number of nitrogens with zero attached hydrogens (tertiary/aromatic N) is 1. The molecule has 0 bridgehead atoms. The quantitative estimate of drug-likeness (QED) is 0.854. The zero-order valence-electron chi connectivity index (χ0n) is 13.2. The van der Waals surface area contributed by atoms with Gasteiger partial charge in [-0.1, -0.05) is 34.1 Å². The highest BCUT2D eigenvalue weighted by Gasteiger charge is 2.29. The van der Waals surface area contributed by atoms with E-state index in [-0.39, 0.29) is 17.6 Å². The minimum absolute atomic E-state index is 0.0375. The lowest BCUT2D eigenvalue weighted by molar-refractivity contribution is 0.117. The van der Waals surface area contributed by atoms with Crippen LogP contribution in [0.15, 0.2) is 0 Å². The molecule has 1 rings (SSSR count). The SMILES string of the molecule is CCC1CCN(CC(NC(=O)OC)C(C)(C)C)CC1. The molecule has 1 atom stereocenters. The number of alkyl carbamates (subject to hydrolysis) is 1. The third-order valence-electron chi connectivity index (χ3n) is 4.25. The molecule has 1 unspecified atom stereocenters. The Kier molecular flexibility index (Phi) is 6.11. The summed E-state index contributed by atoms with van der Waals surface area (Å²) in [5.74, 6) is 0.887. The van der Waals surface area contributed by atoms with Crippen molar-refractivity contribution in [1.29, 1.82) is 0 Å². The van der Waals surface area contributed by atoms with Crippen LogP contribution in [-0.4, -0.2) is 43.8 Å². The Hall–Kier alpha value is -0.770. The van der Waals surface area contributed by atoms with Crippen LogP contribution in [0.5, 0.6) is 0 Å². The molecule has 0 aromatic heterocycles. The first kappa shape index (κ1) is 16.3. The van der Waals surface area contributed by atoms with Crippen molar-refractivity contribution in [2.24, 2.45) is 11.3 Å². The van der Waals surface area contributed by atoms with E-state index < -0.39 is 0 Å². The minimum atomic E-state index is -0.330. The highest BCUT2D eigenvalue weighted by molar-refractivity contribution is 5.67. The average Bonchev–Trinajstić information content (AvgIpc) is 2.37. The fourth-order valence-electron chi connectivity index (χ4n) is 2.57. The van der Waals surface area contributed by atoms with Crippen LogP contribution in [0.2, 0.25) is 0 Å². The summed E-state index contributed by atoms with van der Waals surface area (Å²) < 4.78 is 4.73. The van der Waals surface area contributed by atoms with E-state index in [0.717, 1.165) is 25.6 Å². The Balaban J connectivity index is 2.51. The predicted molar refractivity (Wildman–Crippen MR) is 78.2 cm³/mol. The zero-order chi connectivity index (χ0) is 14.5. The molecule has 19 heavy (non-hydrogen) atoms. The summed E-state index contributed by atoms with van der Waals surface area (Å²) in [7, 11) is 1.42. The summed E-state index contributed by atoms with van der Waals surface area (Å²) in [4.78, 5) is 13.9. The molecule has 0 aromatic rings. The predicted octanol–water partition coefficient (Wildman–Crippen LogP) is 2.88. The molecule has 0 aliphatic carbocycles. The van der Waals surface area contributed by atoms with Crippen molar-refractivity contribution in [2.45, 2.75) is 53.0 Å². The smallest absolute Gasteiger partial charge is 0.407 e. The number of likely N-dealkylation sites (tertiary alicyclic amines) is 1. The Morgan fingerprint density at radius 3 is 2.37 bits per heavy atom. The van der Waals surface area contributed by atoms with Crippen LogP contribution in [0.4, 0.5) is 4.79 Å². The second-order valence-electron chi connectivity index (χ2n) is 6.71. The Morgan fingerprint density at radius 1 is 1.37 bits per heavy atom. The number of ether oxygens (including phenoxy) is 1. The number of carbonyl (C=O) groups is 1. The maximum atomic E-state index is 11.5. The third-order valence-corrected chi connectivity index (χ3v) is 4.25. The zero-order valence-corrected chi connectivity index (χ0v) is 13.2. The Labute approximate surface area is 117 Å². The summed E-state index contributed by atoms with van der Waals surface area (Å²) in [6, 6.07) is 0.123. The second-order valence-corrected chi connectivity index (χ2v) is 6.71. The molecule has 112 valence electrons. The monoisotopic (exact) mass is 270 g/mol. The fourth-order valence-corrected chi connectivity index (χ4v) is 2.57. The lowest BCUT2D eigenvalue weighted by Gasteiger charge is -2.38. The van der Waals surface area contributed by atoms with Gasteiger partial charge in [0.25, 0.3) is 0 Å². The van der Waals surface area contributed by atoms with Gasteiger partial charge in [-0.2, -0.15) is 0 Å². The average molecular weight is 270 g/mol. The summed E-state index contributed by atoms with van der Waals surface area (Å²) in [6.07, 6.45) is 3.53. The van der Waals surface area contributed by atoms with Gasteiger partial charge in [-0.3, -0.25) is 0 Å². The van der Waals surface area contributed by atoms with Gasteiger partial charge >= 0.3 is 6.09 Å². The van der Waals surface area contributed by atoms with E-state index in [1.54, 1.807) is 0 Å². The van der Waals surface area contributed by atoms with Gasteiger partial charge in [0.05, 0.1) is 7.11 Å². The van der Waals surface area contributed by atoms with Crippen molar-refractivity contribution in [3.8, 4) is 0 Å². The van der Waals surface area contributed by atoms with Crippen LogP contribution >= 0.6 is 0 Å². The van der Waals surface area contributed by atoms with Crippen LogP contribution in [0.3, 0.4) is 0 Å². The van der Waals surface area contributed by atoms with E-state index in [9.17, 15) is 4.79 Å². The number of amides is 1. The van der Waals surface area contributed by atoms with E-state index in [4.69, 9.17) is 4.74 Å². The summed E-state index contributed by atoms with van der Waals surface area (Å²) in [5, 5.41) is 2.98. The number of rotatable bonds is 4. The van der Waals surface area contributed by atoms with E-state index in [1.165, 1.54) is 26.4 Å². The van der Waals surface area contributed by atoms with Crippen LogP contribution in [0, 0.1) is 11.3 Å². The van der Waals surface area contributed by atoms with E-state index in [1.807, 2.05) is 0 Å². The van der Waals surface area contributed by atoms with Crippen LogP contribution in [0.1, 0.15) is 47.0 Å². The molecule has 1 fully saturated rings. The van der Waals surface area contributed by atoms with E-state index >= 15 is 0 Å². The Morgan fingerprint density at radius 2 is 1.95 bits per heavy atom. The molecule has 4 nitrogen and oxygen atoms in total. The fraction of sp³-hybridized carbons (Fsp3) is 0.933. The van der Waals surface area contributed by atoms with Crippen molar-refractivity contribution in [3.63, 3.8) is 0 Å². The van der Waals surface area contributed by atoms with Crippen LogP contribution in [-0.2, 0) is 4.74 Å². The normalized spacial score (nSPS) is 20.1. The summed E-state index contributed by atoms with van der Waals surface area (Å²) in [5.41, 5.74) is 0.0375. The number of hydrogen-bond donors (Lipinski definition) is 1. The molecule has 4 heteroatoms. The van der Waals surface area contributed by atoms with E-state index in [0.29, 0.717) is 0 Å². The lowest BCUT2D eigenvalue weighted by atomic mass is 9.85. The van der Waals surface area contributed by atoms with Gasteiger partial charge in [-0.25, -0.2) is 4.79 Å². The molecule has 1 saturated heterocycles. The van der Waals surface area contributed by atoms with Gasteiger partial charge in [0.15, 0.2) is 0 Å². The highest BCUT2D eigenvalue weighted by atomic mass is 16.5. The number of methoxy groups -OCH3 is 1. The van der Waals surface area contributed by atoms with Crippen molar-refractivity contribution in [2.75, 3.05) is 26.7 Å². The van der Waals surface area contributed by atoms with Crippen LogP contribution < -0.4 is 5.32 Å². The van der Waals surface area contributed by atoms with Crippen molar-refractivity contribution in [1.82, 2.24) is 10.2 Å². The van der Waals surface area contributed by atoms with E-state index in [2.05, 4.69) is 37.9 Å². The molecular weight excluding hydrogens is 240 g/mol. The van der Waals surface area contributed by atoms with Gasteiger partial charge in [-0.05, 0) is 37.3 Å². The molecule has 1 aliphatic heterocycles. The molecule has 0 saturated carbocycles. The number of nitrogens with one attached hydrogen (secondary N) is 1. The first-order chi connectivity index (χ1) is 8.86. The summed E-state index contributed by atoms with van der Waals surface area (Å²) in [6.45, 7) is 12.0. The van der Waals surface area contributed by atoms with Crippen molar-refractivity contribution in [3.05, 3.63) is 0 Å². The standard InChI is InChI=1S/C15H30N2O2/c1-6-12-7-9-17(10-8-12)11-13(15(2,3)4)16-14(18)19-5/h12-13H,6-11H2,1-5H3,(H,16,18). The molecule has 1 N–H and O–H groups in total. The first-order valence-electron chi connectivity index (χ1n) is 7.43. The summed E-state index contributed by atoms with van der Waals surface area (Å²) >= 11 is 0. The van der Waals surface area contributed by atoms with Gasteiger partial charge in [0, 0.05) is 12.6 Å². The lowest BCUT2D eigenvalue weighted by Crippen LogP contribution is -2.52. The van der Waals surface area contributed by atoms with Gasteiger partial charge in [-0.15, -0.1) is 0 Å². The number of piperidine rings is 1. The topological polar surface area (TPSA) is 41.6 Å². The Bertz CT molecular complexity index is 278. The van der Waals surface area contributed by atoms with Crippen molar-refractivity contribution >= 4 is 6.09 Å². The minimum Gasteiger partial charge on any atom is -0.453 e. The van der Waals surface area contributed by atoms with Crippen molar-refractivity contribution < 1.29 is 9.53 Å². The third kappa shape index (κ3) is 5.39. The molecule has 0 radical (unpaired) electrons. The van der Waals surface area contributed by atoms with Crippen LogP contribution in [0.25, 0.3) is 0 Å². The molecular formula is C15H30N2O2. The molecule has 0 aromatic carbocycles. The van der Waals surface area contributed by atoms with Gasteiger partial charge in [0.2, 0.25) is 0 Å². The second kappa shape index (κ2) is 7.13. The van der Waals surface area contributed by atoms with Gasteiger partial charge < -0.3 is 15.0 Å². The molecule has 1 amide bonds. The number of carbonyl (C=O) groups excluding carboxylic acids is 1. The molecule has 0 spiro atoms. The van der Waals surface area contributed by atoms with Gasteiger partial charge in [0.1, 0.15) is 0 Å². The first-order valence-corrected chi connectivity index (χ1v) is 7.43. The maximum absolute atomic E-state index is 11.5.